The van der Waals surface area contributed by atoms with E-state index in [9.17, 15) is 0 Å². The molecule has 0 aliphatic rings. The van der Waals surface area contributed by atoms with Gasteiger partial charge in [-0.15, -0.1) is 12.3 Å². The lowest BCUT2D eigenvalue weighted by Gasteiger charge is -2.13. The van der Waals surface area contributed by atoms with Gasteiger partial charge in [-0.2, -0.15) is 0 Å². The average Bonchev–Trinajstić information content (AvgIpc) is 2.19. The van der Waals surface area contributed by atoms with Gasteiger partial charge in [0.1, 0.15) is 5.82 Å². The molecule has 1 atom stereocenters. The number of hydrogen-bond acceptors (Lipinski definition) is 3. The summed E-state index contributed by atoms with van der Waals surface area (Å²) in [6.45, 7) is 1.89. The van der Waals surface area contributed by atoms with E-state index < -0.39 is 0 Å². The molecule has 3 nitrogen and oxygen atoms in total. The van der Waals surface area contributed by atoms with Crippen molar-refractivity contribution in [3.8, 4) is 12.3 Å². The fraction of sp³-hybridized carbons (Fsp3) is 0.455. The molecular formula is C11H15N3. The lowest BCUT2D eigenvalue weighted by molar-refractivity contribution is 0.541. The summed E-state index contributed by atoms with van der Waals surface area (Å²) in [5.74, 6) is 3.43. The third kappa shape index (κ3) is 2.82. The second-order valence-corrected chi connectivity index (χ2v) is 3.11. The Balaban J connectivity index is 2.74. The Morgan fingerprint density at radius 2 is 2.43 bits per heavy atom. The van der Waals surface area contributed by atoms with Gasteiger partial charge in [-0.1, -0.05) is 0 Å². The Morgan fingerprint density at radius 1 is 1.64 bits per heavy atom. The van der Waals surface area contributed by atoms with Crippen molar-refractivity contribution in [2.75, 3.05) is 7.05 Å². The molecule has 0 bridgehead atoms. The van der Waals surface area contributed by atoms with Crippen molar-refractivity contribution in [1.82, 2.24) is 15.3 Å². The summed E-state index contributed by atoms with van der Waals surface area (Å²) in [4.78, 5) is 8.41. The highest BCUT2D eigenvalue weighted by Crippen LogP contribution is 2.14. The summed E-state index contributed by atoms with van der Waals surface area (Å²) >= 11 is 0. The van der Waals surface area contributed by atoms with Crippen LogP contribution in [0.25, 0.3) is 0 Å². The van der Waals surface area contributed by atoms with E-state index >= 15 is 0 Å². The zero-order valence-corrected chi connectivity index (χ0v) is 8.62. The van der Waals surface area contributed by atoms with Crippen LogP contribution in [0.15, 0.2) is 12.3 Å². The van der Waals surface area contributed by atoms with E-state index in [0.29, 0.717) is 0 Å². The Morgan fingerprint density at radius 3 is 3.00 bits per heavy atom. The number of terminal acetylenes is 1. The SMILES string of the molecule is C#CCCC(NC)c1ccnc(C)n1. The molecule has 1 heterocycles. The summed E-state index contributed by atoms with van der Waals surface area (Å²) in [7, 11) is 1.92. The molecule has 0 saturated heterocycles. The van der Waals surface area contributed by atoms with Crippen molar-refractivity contribution in [2.45, 2.75) is 25.8 Å². The smallest absolute Gasteiger partial charge is 0.125 e. The molecule has 0 aliphatic carbocycles. The zero-order chi connectivity index (χ0) is 10.4. The van der Waals surface area contributed by atoms with Gasteiger partial charge in [-0.05, 0) is 26.5 Å². The molecule has 3 heteroatoms. The highest BCUT2D eigenvalue weighted by Gasteiger charge is 2.09. The molecule has 1 N–H and O–H groups in total. The van der Waals surface area contributed by atoms with Crippen LogP contribution >= 0.6 is 0 Å². The van der Waals surface area contributed by atoms with Crippen LogP contribution in [0.2, 0.25) is 0 Å². The maximum absolute atomic E-state index is 5.23. The Bertz CT molecular complexity index is 328. The topological polar surface area (TPSA) is 37.8 Å². The first-order valence-electron chi connectivity index (χ1n) is 4.68. The van der Waals surface area contributed by atoms with E-state index in [1.165, 1.54) is 0 Å². The lowest BCUT2D eigenvalue weighted by Crippen LogP contribution is -2.17. The Hall–Kier alpha value is -1.40. The first-order valence-corrected chi connectivity index (χ1v) is 4.68. The number of hydrogen-bond donors (Lipinski definition) is 1. The number of rotatable bonds is 4. The highest BCUT2D eigenvalue weighted by atomic mass is 14.9. The standard InChI is InChI=1S/C11H15N3/c1-4-5-6-10(12-3)11-7-8-13-9(2)14-11/h1,7-8,10,12H,5-6H2,2-3H3. The van der Waals surface area contributed by atoms with Gasteiger partial charge in [-0.25, -0.2) is 9.97 Å². The second-order valence-electron chi connectivity index (χ2n) is 3.11. The van der Waals surface area contributed by atoms with Crippen LogP contribution in [0.3, 0.4) is 0 Å². The highest BCUT2D eigenvalue weighted by molar-refractivity contribution is 5.07. The van der Waals surface area contributed by atoms with Crippen LogP contribution < -0.4 is 5.32 Å². The largest absolute Gasteiger partial charge is 0.312 e. The van der Waals surface area contributed by atoms with Crippen molar-refractivity contribution in [3.05, 3.63) is 23.8 Å². The van der Waals surface area contributed by atoms with Crippen molar-refractivity contribution in [3.63, 3.8) is 0 Å². The number of aromatic nitrogens is 2. The monoisotopic (exact) mass is 189 g/mol. The van der Waals surface area contributed by atoms with E-state index in [1.807, 2.05) is 20.0 Å². The third-order valence-electron chi connectivity index (χ3n) is 2.08. The third-order valence-corrected chi connectivity index (χ3v) is 2.08. The van der Waals surface area contributed by atoms with Gasteiger partial charge in [-0.3, -0.25) is 0 Å². The first kappa shape index (κ1) is 10.7. The number of nitrogens with zero attached hydrogens (tertiary/aromatic N) is 2. The molecule has 0 radical (unpaired) electrons. The molecule has 0 amide bonds. The van der Waals surface area contributed by atoms with Crippen molar-refractivity contribution in [1.29, 1.82) is 0 Å². The molecule has 0 fully saturated rings. The van der Waals surface area contributed by atoms with E-state index in [1.54, 1.807) is 6.20 Å². The number of nitrogens with one attached hydrogen (secondary N) is 1. The van der Waals surface area contributed by atoms with E-state index in [0.717, 1.165) is 24.4 Å². The van der Waals surface area contributed by atoms with Crippen LogP contribution in [0, 0.1) is 19.3 Å². The maximum atomic E-state index is 5.23. The zero-order valence-electron chi connectivity index (χ0n) is 8.62. The van der Waals surface area contributed by atoms with Gasteiger partial charge in [0.15, 0.2) is 0 Å². The lowest BCUT2D eigenvalue weighted by atomic mass is 10.1. The molecule has 0 spiro atoms. The van der Waals surface area contributed by atoms with Crippen LogP contribution in [0.5, 0.6) is 0 Å². The van der Waals surface area contributed by atoms with Crippen molar-refractivity contribution >= 4 is 0 Å². The summed E-state index contributed by atoms with van der Waals surface area (Å²) in [5.41, 5.74) is 1.01. The molecule has 74 valence electrons. The summed E-state index contributed by atoms with van der Waals surface area (Å²) < 4.78 is 0. The van der Waals surface area contributed by atoms with Gasteiger partial charge in [0, 0.05) is 12.6 Å². The fourth-order valence-electron chi connectivity index (χ4n) is 1.34. The molecule has 1 unspecified atom stereocenters. The van der Waals surface area contributed by atoms with Crippen LogP contribution in [0.1, 0.15) is 30.4 Å². The van der Waals surface area contributed by atoms with Gasteiger partial charge in [0.05, 0.1) is 11.7 Å². The molecular weight excluding hydrogens is 174 g/mol. The maximum Gasteiger partial charge on any atom is 0.125 e. The van der Waals surface area contributed by atoms with Crippen LogP contribution in [-0.2, 0) is 0 Å². The molecule has 14 heavy (non-hydrogen) atoms. The molecule has 0 saturated carbocycles. The van der Waals surface area contributed by atoms with Crippen molar-refractivity contribution < 1.29 is 0 Å². The van der Waals surface area contributed by atoms with E-state index in [2.05, 4.69) is 21.2 Å². The minimum atomic E-state index is 0.229. The van der Waals surface area contributed by atoms with E-state index in [-0.39, 0.29) is 6.04 Å². The summed E-state index contributed by atoms with van der Waals surface area (Å²) in [5, 5.41) is 3.19. The normalized spacial score (nSPS) is 12.1. The van der Waals surface area contributed by atoms with Gasteiger partial charge in [0.25, 0.3) is 0 Å². The minimum Gasteiger partial charge on any atom is -0.312 e. The quantitative estimate of drug-likeness (QED) is 0.729. The van der Waals surface area contributed by atoms with Gasteiger partial charge < -0.3 is 5.32 Å². The summed E-state index contributed by atoms with van der Waals surface area (Å²) in [6, 6.07) is 2.15. The second kappa shape index (κ2) is 5.36. The predicted octanol–water partition coefficient (Wildman–Crippen LogP) is 1.46. The molecule has 0 aliphatic heterocycles. The van der Waals surface area contributed by atoms with Crippen molar-refractivity contribution in [2.24, 2.45) is 0 Å². The molecule has 1 rings (SSSR count). The fourth-order valence-corrected chi connectivity index (χ4v) is 1.34. The molecule has 1 aromatic rings. The van der Waals surface area contributed by atoms with Crippen LogP contribution in [0.4, 0.5) is 0 Å². The van der Waals surface area contributed by atoms with Gasteiger partial charge in [0.2, 0.25) is 0 Å². The summed E-state index contributed by atoms with van der Waals surface area (Å²) in [6.07, 6.45) is 8.67. The number of aryl methyl sites for hydroxylation is 1. The minimum absolute atomic E-state index is 0.229. The van der Waals surface area contributed by atoms with E-state index in [4.69, 9.17) is 6.42 Å². The predicted molar refractivity (Wildman–Crippen MR) is 56.6 cm³/mol. The van der Waals surface area contributed by atoms with Gasteiger partial charge >= 0.3 is 0 Å². The first-order chi connectivity index (χ1) is 6.77. The average molecular weight is 189 g/mol. The Labute approximate surface area is 85.0 Å². The Kier molecular flexibility index (Phi) is 4.09. The molecule has 1 aromatic heterocycles. The molecule has 0 aromatic carbocycles. The van der Waals surface area contributed by atoms with Crippen LogP contribution in [-0.4, -0.2) is 17.0 Å².